The maximum Gasteiger partial charge on any atom is 0.119 e. The van der Waals surface area contributed by atoms with E-state index in [-0.39, 0.29) is 19.8 Å². The Hall–Kier alpha value is -3.84. The molecule has 0 aliphatic heterocycles. The smallest absolute Gasteiger partial charge is 0.119 e. The molecule has 1 saturated carbocycles. The monoisotopic (exact) mass is 612 g/mol. The molecule has 1 aliphatic carbocycles. The summed E-state index contributed by atoms with van der Waals surface area (Å²) in [7, 11) is 0. The van der Waals surface area contributed by atoms with Crippen molar-refractivity contribution in [2.24, 2.45) is 0 Å². The van der Waals surface area contributed by atoms with Crippen molar-refractivity contribution in [1.29, 1.82) is 0 Å². The van der Waals surface area contributed by atoms with Crippen molar-refractivity contribution in [3.8, 4) is 17.2 Å². The van der Waals surface area contributed by atoms with Crippen LogP contribution in [0.2, 0.25) is 0 Å². The van der Waals surface area contributed by atoms with E-state index in [9.17, 15) is 0 Å². The molecule has 240 valence electrons. The number of aliphatic hydroxyl groups excluding tert-OH is 3. The molecule has 3 aromatic carbocycles. The average Bonchev–Trinajstić information content (AvgIpc) is 3.07. The Morgan fingerprint density at radius 2 is 0.689 bits per heavy atom. The largest absolute Gasteiger partial charge is 0.491 e. The Morgan fingerprint density at radius 1 is 0.444 bits per heavy atom. The molecule has 0 aromatic heterocycles. The predicted octanol–water partition coefficient (Wildman–Crippen LogP) is 6.96. The third-order valence-corrected chi connectivity index (χ3v) is 8.35. The van der Waals surface area contributed by atoms with Crippen molar-refractivity contribution < 1.29 is 29.5 Å². The van der Waals surface area contributed by atoms with Gasteiger partial charge in [0.15, 0.2) is 0 Å². The van der Waals surface area contributed by atoms with Crippen LogP contribution in [0.4, 0.5) is 0 Å². The minimum Gasteiger partial charge on any atom is -0.491 e. The fourth-order valence-corrected chi connectivity index (χ4v) is 5.76. The van der Waals surface area contributed by atoms with E-state index in [1.807, 2.05) is 36.4 Å². The van der Waals surface area contributed by atoms with Crippen molar-refractivity contribution in [2.45, 2.75) is 59.3 Å². The van der Waals surface area contributed by atoms with Gasteiger partial charge in [-0.1, -0.05) is 69.8 Å². The first-order chi connectivity index (χ1) is 21.9. The summed E-state index contributed by atoms with van der Waals surface area (Å²) in [6.07, 6.45) is 5.62. The molecule has 0 saturated heterocycles. The molecule has 3 aromatic rings. The fourth-order valence-electron chi connectivity index (χ4n) is 5.76. The van der Waals surface area contributed by atoms with Crippen LogP contribution < -0.4 is 14.2 Å². The molecule has 1 aliphatic rings. The minimum atomic E-state index is 0.00615. The first-order valence-electron chi connectivity index (χ1n) is 15.9. The fraction of sp³-hybridized carbons (Fsp3) is 0.385. The zero-order valence-corrected chi connectivity index (χ0v) is 27.0. The van der Waals surface area contributed by atoms with Crippen LogP contribution in [0.5, 0.6) is 17.2 Å². The third-order valence-electron chi connectivity index (χ3n) is 8.35. The minimum absolute atomic E-state index is 0.00615. The highest BCUT2D eigenvalue weighted by molar-refractivity contribution is 5.42. The van der Waals surface area contributed by atoms with Gasteiger partial charge in [-0.05, 0) is 112 Å². The summed E-state index contributed by atoms with van der Waals surface area (Å²) < 4.78 is 16.6. The number of ether oxygens (including phenoxy) is 3. The Bertz CT molecular complexity index is 1260. The third kappa shape index (κ3) is 10.6. The standard InChI is InChI=1S/C39H48O6/c1-28(22-31-4-10-37(11-5-31)43-19-16-40)34-25-35(29(2)23-32-6-12-38(13-7-32)44-20-17-41)27-36(26-34)30(3)24-33-8-14-39(15-9-33)45-21-18-42/h4-15,40-42H,16-27H2,1-3H3. The van der Waals surface area contributed by atoms with E-state index < -0.39 is 0 Å². The second kappa shape index (κ2) is 17.6. The lowest BCUT2D eigenvalue weighted by molar-refractivity contribution is 0.201. The summed E-state index contributed by atoms with van der Waals surface area (Å²) >= 11 is 0. The lowest BCUT2D eigenvalue weighted by Gasteiger charge is -2.27. The highest BCUT2D eigenvalue weighted by atomic mass is 16.5. The van der Waals surface area contributed by atoms with E-state index in [4.69, 9.17) is 29.5 Å². The second-order valence-corrected chi connectivity index (χ2v) is 11.9. The number of rotatable bonds is 15. The average molecular weight is 613 g/mol. The van der Waals surface area contributed by atoms with Gasteiger partial charge < -0.3 is 29.5 Å². The molecule has 1 fully saturated rings. The first-order valence-corrected chi connectivity index (χ1v) is 15.9. The normalized spacial score (nSPS) is 13.1. The summed E-state index contributed by atoms with van der Waals surface area (Å²) in [4.78, 5) is 0. The van der Waals surface area contributed by atoms with Crippen LogP contribution in [0.15, 0.2) is 106 Å². The number of benzene rings is 3. The highest BCUT2D eigenvalue weighted by Crippen LogP contribution is 2.39. The van der Waals surface area contributed by atoms with Crippen LogP contribution >= 0.6 is 0 Å². The molecule has 0 heterocycles. The summed E-state index contributed by atoms with van der Waals surface area (Å²) in [5.41, 5.74) is 12.4. The van der Waals surface area contributed by atoms with Crippen LogP contribution in [0.25, 0.3) is 0 Å². The number of allylic oxidation sites excluding steroid dienone is 6. The molecular formula is C39H48O6. The summed E-state index contributed by atoms with van der Waals surface area (Å²) in [5.74, 6) is 2.33. The second-order valence-electron chi connectivity index (χ2n) is 11.9. The molecule has 0 atom stereocenters. The van der Waals surface area contributed by atoms with Crippen LogP contribution in [0.3, 0.4) is 0 Å². The van der Waals surface area contributed by atoms with E-state index in [1.165, 1.54) is 50.1 Å². The maximum atomic E-state index is 9.05. The van der Waals surface area contributed by atoms with Crippen LogP contribution in [0.1, 0.15) is 56.7 Å². The number of aliphatic hydroxyl groups is 3. The van der Waals surface area contributed by atoms with Gasteiger partial charge in [0.25, 0.3) is 0 Å². The molecule has 6 nitrogen and oxygen atoms in total. The Morgan fingerprint density at radius 3 is 0.911 bits per heavy atom. The van der Waals surface area contributed by atoms with Gasteiger partial charge in [-0.25, -0.2) is 0 Å². The Labute approximate surface area is 268 Å². The van der Waals surface area contributed by atoms with Crippen molar-refractivity contribution >= 4 is 0 Å². The molecule has 0 spiro atoms. The molecule has 0 radical (unpaired) electrons. The first kappa shape index (κ1) is 34.0. The zero-order valence-electron chi connectivity index (χ0n) is 27.0. The van der Waals surface area contributed by atoms with Crippen molar-refractivity contribution in [2.75, 3.05) is 39.6 Å². The quantitative estimate of drug-likeness (QED) is 0.161. The van der Waals surface area contributed by atoms with Gasteiger partial charge >= 0.3 is 0 Å². The molecule has 0 unspecified atom stereocenters. The number of hydrogen-bond donors (Lipinski definition) is 3. The van der Waals surface area contributed by atoms with Crippen molar-refractivity contribution in [3.63, 3.8) is 0 Å². The molecule has 3 N–H and O–H groups in total. The SMILES string of the molecule is CC(Cc1ccc(OCCO)cc1)=C1CC(=C(C)Cc2ccc(OCCO)cc2)CC(=C(C)Cc2ccc(OCCO)cc2)C1. The molecule has 0 bridgehead atoms. The van der Waals surface area contributed by atoms with Gasteiger partial charge in [-0.3, -0.25) is 0 Å². The lowest BCUT2D eigenvalue weighted by atomic mass is 9.78. The van der Waals surface area contributed by atoms with E-state index in [1.54, 1.807) is 0 Å². The summed E-state index contributed by atoms with van der Waals surface area (Å²) in [6.45, 7) is 7.73. The Balaban J connectivity index is 1.58. The molecule has 45 heavy (non-hydrogen) atoms. The van der Waals surface area contributed by atoms with Crippen molar-refractivity contribution in [1.82, 2.24) is 0 Å². The van der Waals surface area contributed by atoms with Gasteiger partial charge in [0.2, 0.25) is 0 Å². The Kier molecular flexibility index (Phi) is 13.3. The topological polar surface area (TPSA) is 88.4 Å². The van der Waals surface area contributed by atoms with E-state index in [0.717, 1.165) is 55.8 Å². The van der Waals surface area contributed by atoms with E-state index >= 15 is 0 Å². The maximum absolute atomic E-state index is 9.05. The molecule has 4 rings (SSSR count). The number of hydrogen-bond acceptors (Lipinski definition) is 6. The molecule has 0 amide bonds. The summed E-state index contributed by atoms with van der Waals surface area (Å²) in [5, 5.41) is 27.1. The van der Waals surface area contributed by atoms with Crippen LogP contribution in [-0.4, -0.2) is 55.0 Å². The van der Waals surface area contributed by atoms with Gasteiger partial charge in [-0.2, -0.15) is 0 Å². The van der Waals surface area contributed by atoms with Crippen LogP contribution in [-0.2, 0) is 19.3 Å². The van der Waals surface area contributed by atoms with E-state index in [0.29, 0.717) is 19.8 Å². The van der Waals surface area contributed by atoms with Gasteiger partial charge in [0, 0.05) is 0 Å². The van der Waals surface area contributed by atoms with Gasteiger partial charge in [-0.15, -0.1) is 0 Å². The molecule has 6 heteroatoms. The van der Waals surface area contributed by atoms with Gasteiger partial charge in [0.1, 0.15) is 37.1 Å². The molecular weight excluding hydrogens is 564 g/mol. The van der Waals surface area contributed by atoms with Crippen LogP contribution in [0, 0.1) is 0 Å². The summed E-state index contributed by atoms with van der Waals surface area (Å²) in [6, 6.07) is 24.6. The highest BCUT2D eigenvalue weighted by Gasteiger charge is 2.21. The van der Waals surface area contributed by atoms with E-state index in [2.05, 4.69) is 57.2 Å². The zero-order chi connectivity index (χ0) is 32.0. The van der Waals surface area contributed by atoms with Gasteiger partial charge in [0.05, 0.1) is 19.8 Å². The van der Waals surface area contributed by atoms with Crippen molar-refractivity contribution in [3.05, 3.63) is 123 Å². The predicted molar refractivity (Wildman–Crippen MR) is 180 cm³/mol. The lowest BCUT2D eigenvalue weighted by Crippen LogP contribution is -2.10.